The molecule has 72 valence electrons. The van der Waals surface area contributed by atoms with Gasteiger partial charge in [-0.15, -0.1) is 25.3 Å². The maximum Gasteiger partial charge on any atom is 0.332 e. The number of carboxylic acid groups (broad SMARTS) is 1. The predicted molar refractivity (Wildman–Crippen MR) is 52.5 cm³/mol. The van der Waals surface area contributed by atoms with E-state index in [2.05, 4.69) is 25.3 Å². The average molecular weight is 212 g/mol. The minimum atomic E-state index is -0.981. The molecule has 0 saturated heterocycles. The molecular formula is C6H12O4S2. The van der Waals surface area contributed by atoms with Crippen LogP contribution in [0, 0.1) is 0 Å². The Kier molecular flexibility index (Phi) is 10.7. The molecule has 0 aliphatic heterocycles. The van der Waals surface area contributed by atoms with Crippen molar-refractivity contribution in [1.82, 2.24) is 0 Å². The normalized spacial score (nSPS) is 8.08. The van der Waals surface area contributed by atoms with E-state index in [0.29, 0.717) is 0 Å². The predicted octanol–water partition coefficient (Wildman–Crippen LogP) is 0.133. The van der Waals surface area contributed by atoms with Gasteiger partial charge in [-0.05, 0) is 6.92 Å². The first-order chi connectivity index (χ1) is 5.47. The van der Waals surface area contributed by atoms with Gasteiger partial charge < -0.3 is 15.3 Å². The summed E-state index contributed by atoms with van der Waals surface area (Å²) in [7, 11) is 0. The highest BCUT2D eigenvalue weighted by molar-refractivity contribution is 8.05. The number of aliphatic hydroxyl groups is 2. The summed E-state index contributed by atoms with van der Waals surface area (Å²) in [6.07, 6.45) is 0. The first-order valence-electron chi connectivity index (χ1n) is 3.01. The van der Waals surface area contributed by atoms with Gasteiger partial charge in [0.05, 0.1) is 18.8 Å². The van der Waals surface area contributed by atoms with Gasteiger partial charge in [0.1, 0.15) is 0 Å². The zero-order chi connectivity index (χ0) is 10.1. The van der Waals surface area contributed by atoms with Crippen molar-refractivity contribution in [2.45, 2.75) is 6.92 Å². The van der Waals surface area contributed by atoms with E-state index < -0.39 is 5.97 Å². The van der Waals surface area contributed by atoms with Crippen LogP contribution in [-0.4, -0.2) is 34.5 Å². The number of carbonyl (C=O) groups is 1. The lowest BCUT2D eigenvalue weighted by Crippen LogP contribution is -1.95. The zero-order valence-corrected chi connectivity index (χ0v) is 8.35. The molecule has 0 rings (SSSR count). The molecule has 0 aromatic carbocycles. The van der Waals surface area contributed by atoms with Crippen LogP contribution in [0.2, 0.25) is 0 Å². The molecule has 0 aromatic heterocycles. The fourth-order valence-electron chi connectivity index (χ4n) is 0.0956. The van der Waals surface area contributed by atoms with Crippen LogP contribution in [0.15, 0.2) is 9.81 Å². The van der Waals surface area contributed by atoms with Gasteiger partial charge in [-0.3, -0.25) is 0 Å². The SMILES string of the molecule is CC(C(=O)O)=C(S)S.OCCO. The van der Waals surface area contributed by atoms with Crippen LogP contribution in [-0.2, 0) is 4.79 Å². The van der Waals surface area contributed by atoms with Crippen molar-refractivity contribution in [3.8, 4) is 0 Å². The second-order valence-corrected chi connectivity index (χ2v) is 2.95. The Morgan fingerprint density at radius 3 is 1.58 bits per heavy atom. The molecular weight excluding hydrogens is 200 g/mol. The Bertz CT molecular complexity index is 161. The van der Waals surface area contributed by atoms with Crippen molar-refractivity contribution >= 4 is 31.2 Å². The van der Waals surface area contributed by atoms with Crippen molar-refractivity contribution in [1.29, 1.82) is 0 Å². The second kappa shape index (κ2) is 8.92. The molecule has 0 atom stereocenters. The third kappa shape index (κ3) is 9.83. The summed E-state index contributed by atoms with van der Waals surface area (Å²) in [5.41, 5.74) is 0.164. The standard InChI is InChI=1S/C4H6O2S2.C2H6O2/c1-2(3(5)6)4(7)8;3-1-2-4/h7-8H,1H3,(H,5,6);3-4H,1-2H2. The second-order valence-electron chi connectivity index (χ2n) is 1.70. The lowest BCUT2D eigenvalue weighted by atomic mass is 10.4. The summed E-state index contributed by atoms with van der Waals surface area (Å²) in [4.78, 5) is 9.99. The number of hydrogen-bond donors (Lipinski definition) is 5. The Balaban J connectivity index is 0. The Hall–Kier alpha value is -0.170. The largest absolute Gasteiger partial charge is 0.478 e. The number of aliphatic carboxylic acids is 1. The fraction of sp³-hybridized carbons (Fsp3) is 0.500. The van der Waals surface area contributed by atoms with Gasteiger partial charge in [0.15, 0.2) is 0 Å². The molecule has 6 heteroatoms. The van der Waals surface area contributed by atoms with Crippen LogP contribution in [0.5, 0.6) is 0 Å². The van der Waals surface area contributed by atoms with Gasteiger partial charge in [-0.2, -0.15) is 0 Å². The number of thiol groups is 2. The number of carboxylic acids is 1. The number of aliphatic hydroxyl groups excluding tert-OH is 2. The van der Waals surface area contributed by atoms with Crippen LogP contribution in [0.4, 0.5) is 0 Å². The minimum Gasteiger partial charge on any atom is -0.478 e. The fourth-order valence-corrected chi connectivity index (χ4v) is 0.287. The molecule has 0 aromatic rings. The first kappa shape index (κ1) is 14.4. The van der Waals surface area contributed by atoms with Crippen molar-refractivity contribution in [3.05, 3.63) is 9.81 Å². The third-order valence-electron chi connectivity index (χ3n) is 0.756. The van der Waals surface area contributed by atoms with E-state index >= 15 is 0 Å². The molecule has 0 heterocycles. The highest BCUT2D eigenvalue weighted by atomic mass is 32.2. The van der Waals surface area contributed by atoms with Crippen LogP contribution in [0.1, 0.15) is 6.92 Å². The summed E-state index contributed by atoms with van der Waals surface area (Å²) in [5.74, 6) is -0.981. The summed E-state index contributed by atoms with van der Waals surface area (Å²) >= 11 is 7.39. The number of hydrogen-bond acceptors (Lipinski definition) is 5. The topological polar surface area (TPSA) is 77.8 Å². The van der Waals surface area contributed by atoms with E-state index in [1.54, 1.807) is 0 Å². The average Bonchev–Trinajstić information content (AvgIpc) is 2.03. The lowest BCUT2D eigenvalue weighted by molar-refractivity contribution is -0.132. The van der Waals surface area contributed by atoms with Crippen molar-refractivity contribution < 1.29 is 20.1 Å². The van der Waals surface area contributed by atoms with Gasteiger partial charge in [0.25, 0.3) is 0 Å². The molecule has 0 aliphatic carbocycles. The minimum absolute atomic E-state index is 0.125. The van der Waals surface area contributed by atoms with Crippen LogP contribution < -0.4 is 0 Å². The van der Waals surface area contributed by atoms with E-state index in [1.165, 1.54) is 6.92 Å². The van der Waals surface area contributed by atoms with Gasteiger partial charge in [0.2, 0.25) is 0 Å². The molecule has 0 amide bonds. The highest BCUT2D eigenvalue weighted by Crippen LogP contribution is 2.11. The molecule has 0 radical (unpaired) electrons. The first-order valence-corrected chi connectivity index (χ1v) is 3.90. The lowest BCUT2D eigenvalue weighted by Gasteiger charge is -1.90. The Morgan fingerprint density at radius 2 is 1.58 bits per heavy atom. The molecule has 0 bridgehead atoms. The van der Waals surface area contributed by atoms with Gasteiger partial charge in [-0.25, -0.2) is 4.79 Å². The van der Waals surface area contributed by atoms with Crippen molar-refractivity contribution in [2.75, 3.05) is 13.2 Å². The van der Waals surface area contributed by atoms with Crippen LogP contribution >= 0.6 is 25.3 Å². The van der Waals surface area contributed by atoms with E-state index in [9.17, 15) is 4.79 Å². The van der Waals surface area contributed by atoms with E-state index in [1.807, 2.05) is 0 Å². The molecule has 4 nitrogen and oxygen atoms in total. The zero-order valence-electron chi connectivity index (χ0n) is 6.56. The molecule has 3 N–H and O–H groups in total. The Labute approximate surface area is 81.7 Å². The van der Waals surface area contributed by atoms with Gasteiger partial charge in [-0.1, -0.05) is 0 Å². The smallest absolute Gasteiger partial charge is 0.332 e. The monoisotopic (exact) mass is 212 g/mol. The van der Waals surface area contributed by atoms with Crippen molar-refractivity contribution in [3.63, 3.8) is 0 Å². The number of rotatable bonds is 2. The summed E-state index contributed by atoms with van der Waals surface area (Å²) in [6, 6.07) is 0. The third-order valence-corrected chi connectivity index (χ3v) is 1.43. The maximum absolute atomic E-state index is 9.99. The van der Waals surface area contributed by atoms with E-state index in [-0.39, 0.29) is 23.0 Å². The Morgan fingerprint density at radius 1 is 1.25 bits per heavy atom. The summed E-state index contributed by atoms with van der Waals surface area (Å²) in [5, 5.41) is 23.4. The van der Waals surface area contributed by atoms with Gasteiger partial charge >= 0.3 is 5.97 Å². The van der Waals surface area contributed by atoms with E-state index in [0.717, 1.165) is 0 Å². The highest BCUT2D eigenvalue weighted by Gasteiger charge is 2.00. The molecule has 12 heavy (non-hydrogen) atoms. The van der Waals surface area contributed by atoms with Gasteiger partial charge in [0, 0.05) is 4.24 Å². The van der Waals surface area contributed by atoms with Crippen molar-refractivity contribution in [2.24, 2.45) is 0 Å². The molecule has 0 fully saturated rings. The quantitative estimate of drug-likeness (QED) is 0.333. The summed E-state index contributed by atoms with van der Waals surface area (Å²) in [6.45, 7) is 1.19. The molecule has 0 spiro atoms. The van der Waals surface area contributed by atoms with Crippen LogP contribution in [0.25, 0.3) is 0 Å². The maximum atomic E-state index is 9.99. The summed E-state index contributed by atoms with van der Waals surface area (Å²) < 4.78 is 0.248. The molecule has 0 saturated carbocycles. The molecule has 0 unspecified atom stereocenters. The molecule has 0 aliphatic rings. The van der Waals surface area contributed by atoms with E-state index in [4.69, 9.17) is 15.3 Å². The van der Waals surface area contributed by atoms with Crippen LogP contribution in [0.3, 0.4) is 0 Å².